The molecule has 1 aliphatic rings. The molecule has 0 aromatic rings. The van der Waals surface area contributed by atoms with Gasteiger partial charge in [-0.25, -0.2) is 0 Å². The van der Waals surface area contributed by atoms with Crippen LogP contribution in [0, 0.1) is 17.8 Å². The van der Waals surface area contributed by atoms with Gasteiger partial charge in [0.05, 0.1) is 0 Å². The predicted molar refractivity (Wildman–Crippen MR) is 85.6 cm³/mol. The van der Waals surface area contributed by atoms with Gasteiger partial charge < -0.3 is 9.80 Å². The van der Waals surface area contributed by atoms with Gasteiger partial charge in [0.25, 0.3) is 0 Å². The maximum Gasteiger partial charge on any atom is 0.219 e. The van der Waals surface area contributed by atoms with Crippen molar-refractivity contribution in [1.29, 1.82) is 0 Å². The van der Waals surface area contributed by atoms with Crippen LogP contribution in [-0.4, -0.2) is 49.4 Å². The molecule has 0 N–H and O–H groups in total. The molecular formula is C17H32N2O. The molecular weight excluding hydrogens is 248 g/mol. The third-order valence-electron chi connectivity index (χ3n) is 4.51. The van der Waals surface area contributed by atoms with Gasteiger partial charge >= 0.3 is 0 Å². The standard InChI is InChI=1S/C17H32N2O/c1-13-10-14(2)17(15(3)11-13)12-19(16(4)20)9-7-8-18(5)6/h10,14-15,17H,7-9,11-12H2,1-6H3/t14-,15-,17+/m0/s1. The number of rotatable bonds is 6. The SMILES string of the molecule is CC(=O)N(CCCN(C)C)C[C@@H]1[C@@H](C)C=C(C)C[C@@H]1C. The molecule has 0 fully saturated rings. The van der Waals surface area contributed by atoms with Crippen LogP contribution in [0.1, 0.15) is 40.5 Å². The first-order valence-corrected chi connectivity index (χ1v) is 7.88. The number of hydrogen-bond donors (Lipinski definition) is 0. The van der Waals surface area contributed by atoms with Crippen LogP contribution in [0.4, 0.5) is 0 Å². The van der Waals surface area contributed by atoms with Gasteiger partial charge in [-0.1, -0.05) is 25.5 Å². The average Bonchev–Trinajstić information content (AvgIpc) is 2.30. The Hall–Kier alpha value is -0.830. The number of nitrogens with zero attached hydrogens (tertiary/aromatic N) is 2. The summed E-state index contributed by atoms with van der Waals surface area (Å²) in [5.74, 6) is 2.07. The zero-order valence-corrected chi connectivity index (χ0v) is 14.1. The van der Waals surface area contributed by atoms with Crippen molar-refractivity contribution in [2.24, 2.45) is 17.8 Å². The van der Waals surface area contributed by atoms with Crippen molar-refractivity contribution in [3.8, 4) is 0 Å². The molecule has 3 heteroatoms. The van der Waals surface area contributed by atoms with Gasteiger partial charge in [0.1, 0.15) is 0 Å². The summed E-state index contributed by atoms with van der Waals surface area (Å²) in [5.41, 5.74) is 1.50. The second kappa shape index (κ2) is 7.82. The topological polar surface area (TPSA) is 23.6 Å². The van der Waals surface area contributed by atoms with E-state index in [1.807, 2.05) is 0 Å². The fourth-order valence-corrected chi connectivity index (χ4v) is 3.37. The molecule has 0 aromatic heterocycles. The van der Waals surface area contributed by atoms with Gasteiger partial charge in [-0.3, -0.25) is 4.79 Å². The molecule has 0 saturated carbocycles. The lowest BCUT2D eigenvalue weighted by Gasteiger charge is -2.37. The van der Waals surface area contributed by atoms with E-state index >= 15 is 0 Å². The second-order valence-electron chi connectivity index (χ2n) is 6.84. The van der Waals surface area contributed by atoms with E-state index in [1.54, 1.807) is 6.92 Å². The van der Waals surface area contributed by atoms with Crippen molar-refractivity contribution in [3.05, 3.63) is 11.6 Å². The second-order valence-corrected chi connectivity index (χ2v) is 6.84. The summed E-state index contributed by atoms with van der Waals surface area (Å²) in [6.07, 6.45) is 4.62. The van der Waals surface area contributed by atoms with Crippen LogP contribution in [0.2, 0.25) is 0 Å². The Morgan fingerprint density at radius 3 is 2.45 bits per heavy atom. The number of allylic oxidation sites excluding steroid dienone is 2. The van der Waals surface area contributed by atoms with Crippen LogP contribution in [0.25, 0.3) is 0 Å². The largest absolute Gasteiger partial charge is 0.343 e. The van der Waals surface area contributed by atoms with E-state index in [4.69, 9.17) is 0 Å². The van der Waals surface area contributed by atoms with Crippen molar-refractivity contribution < 1.29 is 4.79 Å². The van der Waals surface area contributed by atoms with E-state index in [0.29, 0.717) is 17.8 Å². The zero-order valence-electron chi connectivity index (χ0n) is 14.1. The summed E-state index contributed by atoms with van der Waals surface area (Å²) in [5, 5.41) is 0. The Kier molecular flexibility index (Phi) is 6.74. The average molecular weight is 280 g/mol. The smallest absolute Gasteiger partial charge is 0.219 e. The van der Waals surface area contributed by atoms with Crippen molar-refractivity contribution in [2.75, 3.05) is 33.7 Å². The minimum Gasteiger partial charge on any atom is -0.343 e. The Balaban J connectivity index is 2.59. The molecule has 0 saturated heterocycles. The molecule has 0 unspecified atom stereocenters. The molecule has 116 valence electrons. The van der Waals surface area contributed by atoms with Crippen molar-refractivity contribution >= 4 is 5.91 Å². The first-order chi connectivity index (χ1) is 9.31. The minimum absolute atomic E-state index is 0.217. The van der Waals surface area contributed by atoms with E-state index in [0.717, 1.165) is 26.1 Å². The fraction of sp³-hybridized carbons (Fsp3) is 0.824. The van der Waals surface area contributed by atoms with Gasteiger partial charge in [0.15, 0.2) is 0 Å². The normalized spacial score (nSPS) is 26.6. The third kappa shape index (κ3) is 5.28. The molecule has 0 radical (unpaired) electrons. The number of amides is 1. The summed E-state index contributed by atoms with van der Waals surface area (Å²) in [7, 11) is 4.16. The Labute approximate surface area is 125 Å². The summed E-state index contributed by atoms with van der Waals surface area (Å²) in [4.78, 5) is 16.1. The van der Waals surface area contributed by atoms with Crippen LogP contribution < -0.4 is 0 Å². The maximum atomic E-state index is 11.9. The van der Waals surface area contributed by atoms with Crippen molar-refractivity contribution in [2.45, 2.75) is 40.5 Å². The highest BCUT2D eigenvalue weighted by Gasteiger charge is 2.29. The molecule has 0 spiro atoms. The number of carbonyl (C=O) groups is 1. The molecule has 1 aliphatic carbocycles. The van der Waals surface area contributed by atoms with Gasteiger partial charge in [-0.05, 0) is 58.2 Å². The molecule has 3 nitrogen and oxygen atoms in total. The molecule has 0 aliphatic heterocycles. The summed E-state index contributed by atoms with van der Waals surface area (Å²) >= 11 is 0. The van der Waals surface area contributed by atoms with Crippen molar-refractivity contribution in [1.82, 2.24) is 9.80 Å². The van der Waals surface area contributed by atoms with E-state index in [9.17, 15) is 4.79 Å². The third-order valence-corrected chi connectivity index (χ3v) is 4.51. The molecule has 0 bridgehead atoms. The molecule has 1 amide bonds. The zero-order chi connectivity index (χ0) is 15.3. The van der Waals surface area contributed by atoms with E-state index in [2.05, 4.69) is 50.7 Å². The lowest BCUT2D eigenvalue weighted by Crippen LogP contribution is -2.40. The van der Waals surface area contributed by atoms with Crippen LogP contribution in [0.15, 0.2) is 11.6 Å². The molecule has 0 aromatic carbocycles. The molecule has 1 rings (SSSR count). The van der Waals surface area contributed by atoms with Crippen molar-refractivity contribution in [3.63, 3.8) is 0 Å². The first-order valence-electron chi connectivity index (χ1n) is 7.88. The summed E-state index contributed by atoms with van der Waals surface area (Å²) in [6.45, 7) is 11.4. The van der Waals surface area contributed by atoms with E-state index < -0.39 is 0 Å². The predicted octanol–water partition coefficient (Wildman–Crippen LogP) is 3.03. The lowest BCUT2D eigenvalue weighted by molar-refractivity contribution is -0.130. The van der Waals surface area contributed by atoms with Crippen LogP contribution in [0.3, 0.4) is 0 Å². The minimum atomic E-state index is 0.217. The lowest BCUT2D eigenvalue weighted by atomic mass is 9.74. The fourth-order valence-electron chi connectivity index (χ4n) is 3.37. The molecule has 0 heterocycles. The van der Waals surface area contributed by atoms with Gasteiger partial charge in [-0.2, -0.15) is 0 Å². The highest BCUT2D eigenvalue weighted by molar-refractivity contribution is 5.73. The highest BCUT2D eigenvalue weighted by atomic mass is 16.2. The summed E-state index contributed by atoms with van der Waals surface area (Å²) < 4.78 is 0. The van der Waals surface area contributed by atoms with Crippen LogP contribution in [-0.2, 0) is 4.79 Å². The van der Waals surface area contributed by atoms with Crippen LogP contribution in [0.5, 0.6) is 0 Å². The number of hydrogen-bond acceptors (Lipinski definition) is 2. The quantitative estimate of drug-likeness (QED) is 0.698. The first kappa shape index (κ1) is 17.2. The Bertz CT molecular complexity index is 349. The maximum absolute atomic E-state index is 11.9. The monoisotopic (exact) mass is 280 g/mol. The molecule has 20 heavy (non-hydrogen) atoms. The van der Waals surface area contributed by atoms with Gasteiger partial charge in [0, 0.05) is 20.0 Å². The number of carbonyl (C=O) groups excluding carboxylic acids is 1. The van der Waals surface area contributed by atoms with E-state index in [-0.39, 0.29) is 5.91 Å². The van der Waals surface area contributed by atoms with Crippen LogP contribution >= 0.6 is 0 Å². The van der Waals surface area contributed by atoms with Gasteiger partial charge in [0.2, 0.25) is 5.91 Å². The Morgan fingerprint density at radius 1 is 1.30 bits per heavy atom. The van der Waals surface area contributed by atoms with Gasteiger partial charge in [-0.15, -0.1) is 0 Å². The summed E-state index contributed by atoms with van der Waals surface area (Å²) in [6, 6.07) is 0. The highest BCUT2D eigenvalue weighted by Crippen LogP contribution is 2.34. The molecule has 3 atom stereocenters. The van der Waals surface area contributed by atoms with E-state index in [1.165, 1.54) is 12.0 Å². The Morgan fingerprint density at radius 2 is 1.95 bits per heavy atom.